The molecule has 0 aliphatic rings. The van der Waals surface area contributed by atoms with Gasteiger partial charge in [-0.2, -0.15) is 18.3 Å². The van der Waals surface area contributed by atoms with Gasteiger partial charge in [0.1, 0.15) is 5.82 Å². The number of aromatic nitrogens is 2. The summed E-state index contributed by atoms with van der Waals surface area (Å²) >= 11 is 5.94. The molecule has 1 aromatic carbocycles. The summed E-state index contributed by atoms with van der Waals surface area (Å²) in [7, 11) is 0. The molecule has 3 rings (SSSR count). The molecule has 2 N–H and O–H groups in total. The van der Waals surface area contributed by atoms with Crippen LogP contribution in [0.1, 0.15) is 32.9 Å². The Morgan fingerprint density at radius 2 is 1.97 bits per heavy atom. The normalized spacial score (nSPS) is 11.8. The highest BCUT2D eigenvalue weighted by Crippen LogP contribution is 2.29. The lowest BCUT2D eigenvalue weighted by molar-refractivity contribution is -0.137. The molecule has 3 aromatic rings. The molecule has 0 fully saturated rings. The molecule has 0 saturated carbocycles. The van der Waals surface area contributed by atoms with Crippen molar-refractivity contribution in [2.24, 2.45) is 5.10 Å². The van der Waals surface area contributed by atoms with E-state index < -0.39 is 17.7 Å². The number of carbonyl (C=O) groups is 1. The van der Waals surface area contributed by atoms with E-state index in [2.05, 4.69) is 15.5 Å². The van der Waals surface area contributed by atoms with Crippen LogP contribution in [0.3, 0.4) is 0 Å². The molecule has 0 amide bonds. The number of alkyl halides is 3. The smallest absolute Gasteiger partial charge is 0.417 e. The molecule has 6 nitrogen and oxygen atoms in total. The zero-order chi connectivity index (χ0) is 22.1. The molecule has 0 aliphatic carbocycles. The van der Waals surface area contributed by atoms with Gasteiger partial charge in [-0.1, -0.05) is 11.6 Å². The number of rotatable bonds is 5. The fraction of sp³-hybridized carbons (Fsp3) is 0.150. The summed E-state index contributed by atoms with van der Waals surface area (Å²) in [6, 6.07) is 8.65. The van der Waals surface area contributed by atoms with E-state index in [1.54, 1.807) is 6.07 Å². The predicted octanol–water partition coefficient (Wildman–Crippen LogP) is 5.31. The zero-order valence-electron chi connectivity index (χ0n) is 15.8. The van der Waals surface area contributed by atoms with Crippen molar-refractivity contribution in [3.05, 3.63) is 75.7 Å². The number of hydrazone groups is 1. The number of hydrogen-bond donors (Lipinski definition) is 2. The Morgan fingerprint density at radius 3 is 2.57 bits per heavy atom. The van der Waals surface area contributed by atoms with Crippen LogP contribution in [-0.2, 0) is 6.18 Å². The first kappa shape index (κ1) is 21.4. The number of nitrogens with one attached hydrogen (secondary N) is 1. The summed E-state index contributed by atoms with van der Waals surface area (Å²) in [6.07, 6.45) is -2.22. The number of carboxylic acids is 1. The van der Waals surface area contributed by atoms with Crippen LogP contribution < -0.4 is 5.43 Å². The van der Waals surface area contributed by atoms with Crippen LogP contribution in [0.5, 0.6) is 0 Å². The van der Waals surface area contributed by atoms with E-state index in [9.17, 15) is 23.1 Å². The first-order valence-electron chi connectivity index (χ1n) is 8.62. The minimum atomic E-state index is -4.45. The number of hydrogen-bond acceptors (Lipinski definition) is 4. The maximum Gasteiger partial charge on any atom is 0.417 e. The molecule has 0 unspecified atom stereocenters. The highest BCUT2D eigenvalue weighted by Gasteiger charge is 2.30. The van der Waals surface area contributed by atoms with Crippen molar-refractivity contribution in [3.8, 4) is 5.69 Å². The maximum absolute atomic E-state index is 12.6. The lowest BCUT2D eigenvalue weighted by Crippen LogP contribution is -2.05. The molecule has 0 bridgehead atoms. The van der Waals surface area contributed by atoms with Gasteiger partial charge in [0, 0.05) is 28.8 Å². The zero-order valence-corrected chi connectivity index (χ0v) is 16.6. The minimum Gasteiger partial charge on any atom is -0.478 e. The third-order valence-electron chi connectivity index (χ3n) is 4.38. The number of halogens is 4. The summed E-state index contributed by atoms with van der Waals surface area (Å²) in [6.45, 7) is 3.68. The Labute approximate surface area is 174 Å². The largest absolute Gasteiger partial charge is 0.478 e. The number of pyridine rings is 1. The van der Waals surface area contributed by atoms with Crippen molar-refractivity contribution < 1.29 is 23.1 Å². The van der Waals surface area contributed by atoms with Gasteiger partial charge in [0.25, 0.3) is 0 Å². The van der Waals surface area contributed by atoms with Crippen molar-refractivity contribution in [2.45, 2.75) is 20.0 Å². The number of anilines is 1. The van der Waals surface area contributed by atoms with E-state index in [0.29, 0.717) is 5.69 Å². The molecule has 156 valence electrons. The van der Waals surface area contributed by atoms with Gasteiger partial charge in [0.15, 0.2) is 0 Å². The predicted molar refractivity (Wildman–Crippen MR) is 108 cm³/mol. The van der Waals surface area contributed by atoms with E-state index in [0.717, 1.165) is 29.2 Å². The van der Waals surface area contributed by atoms with Crippen molar-refractivity contribution in [3.63, 3.8) is 0 Å². The molecule has 30 heavy (non-hydrogen) atoms. The van der Waals surface area contributed by atoms with Gasteiger partial charge in [0.05, 0.1) is 22.4 Å². The second-order valence-electron chi connectivity index (χ2n) is 6.43. The lowest BCUT2D eigenvalue weighted by Gasteiger charge is -2.11. The van der Waals surface area contributed by atoms with Crippen molar-refractivity contribution in [1.29, 1.82) is 0 Å². The molecule has 2 aromatic heterocycles. The van der Waals surface area contributed by atoms with E-state index >= 15 is 0 Å². The van der Waals surface area contributed by atoms with Gasteiger partial charge >= 0.3 is 12.1 Å². The molecule has 0 atom stereocenters. The quantitative estimate of drug-likeness (QED) is 0.420. The number of nitrogens with zero attached hydrogens (tertiary/aromatic N) is 3. The van der Waals surface area contributed by atoms with Crippen LogP contribution in [-0.4, -0.2) is 26.8 Å². The molecule has 0 saturated heterocycles. The van der Waals surface area contributed by atoms with Crippen LogP contribution in [0, 0.1) is 13.8 Å². The molecular formula is C20H16ClF3N4O2. The number of aryl methyl sites for hydroxylation is 1. The Hall–Kier alpha value is -3.33. The molecule has 0 spiro atoms. The molecule has 2 heterocycles. The van der Waals surface area contributed by atoms with Crippen LogP contribution in [0.15, 0.2) is 47.7 Å². The molecular weight excluding hydrogens is 421 g/mol. The second-order valence-corrected chi connectivity index (χ2v) is 6.84. The number of carboxylic acid groups (broad SMARTS) is 1. The van der Waals surface area contributed by atoms with Gasteiger partial charge in [-0.3, -0.25) is 5.43 Å². The standard InChI is InChI=1S/C20H16ClF3N4O2/c1-11-7-13(9-26-27-18-6-3-14(10-25-18)20(22,23)24)12(2)28(11)15-4-5-17(21)16(8-15)19(29)30/h3-10H,1-2H3,(H,25,27)(H,29,30)/b26-9+. The third kappa shape index (κ3) is 4.46. The van der Waals surface area contributed by atoms with Gasteiger partial charge in [-0.05, 0) is 50.2 Å². The second kappa shape index (κ2) is 8.19. The van der Waals surface area contributed by atoms with E-state index in [-0.39, 0.29) is 16.4 Å². The van der Waals surface area contributed by atoms with E-state index in [4.69, 9.17) is 11.6 Å². The highest BCUT2D eigenvalue weighted by atomic mass is 35.5. The van der Waals surface area contributed by atoms with Gasteiger partial charge in [-0.25, -0.2) is 9.78 Å². The summed E-state index contributed by atoms with van der Waals surface area (Å²) in [5, 5.41) is 13.4. The van der Waals surface area contributed by atoms with Crippen molar-refractivity contribution in [1.82, 2.24) is 9.55 Å². The topological polar surface area (TPSA) is 79.5 Å². The van der Waals surface area contributed by atoms with E-state index in [1.807, 2.05) is 24.5 Å². The first-order chi connectivity index (χ1) is 14.1. The van der Waals surface area contributed by atoms with Crippen LogP contribution >= 0.6 is 11.6 Å². The van der Waals surface area contributed by atoms with Crippen LogP contribution in [0.4, 0.5) is 19.0 Å². The Morgan fingerprint density at radius 1 is 1.23 bits per heavy atom. The molecule has 10 heteroatoms. The third-order valence-corrected chi connectivity index (χ3v) is 4.71. The van der Waals surface area contributed by atoms with Gasteiger partial charge in [-0.15, -0.1) is 0 Å². The Balaban J connectivity index is 1.82. The van der Waals surface area contributed by atoms with Crippen molar-refractivity contribution in [2.75, 3.05) is 5.43 Å². The van der Waals surface area contributed by atoms with Gasteiger partial charge < -0.3 is 9.67 Å². The fourth-order valence-electron chi connectivity index (χ4n) is 2.93. The summed E-state index contributed by atoms with van der Waals surface area (Å²) in [5.74, 6) is -0.962. The lowest BCUT2D eigenvalue weighted by atomic mass is 10.2. The average Bonchev–Trinajstić information content (AvgIpc) is 2.95. The Kier molecular flexibility index (Phi) is 5.84. The SMILES string of the molecule is Cc1cc(/C=N/Nc2ccc(C(F)(F)F)cn2)c(C)n1-c1ccc(Cl)c(C(=O)O)c1. The van der Waals surface area contributed by atoms with Gasteiger partial charge in [0.2, 0.25) is 0 Å². The average molecular weight is 437 g/mol. The molecule has 0 aliphatic heterocycles. The van der Waals surface area contributed by atoms with Crippen LogP contribution in [0.2, 0.25) is 5.02 Å². The summed E-state index contributed by atoms with van der Waals surface area (Å²) in [4.78, 5) is 15.0. The summed E-state index contributed by atoms with van der Waals surface area (Å²) < 4.78 is 39.6. The minimum absolute atomic E-state index is 0.00747. The maximum atomic E-state index is 12.6. The number of benzene rings is 1. The summed E-state index contributed by atoms with van der Waals surface area (Å²) in [5.41, 5.74) is 4.72. The first-order valence-corrected chi connectivity index (χ1v) is 9.00. The molecule has 0 radical (unpaired) electrons. The monoisotopic (exact) mass is 436 g/mol. The number of aromatic carboxylic acids is 1. The fourth-order valence-corrected chi connectivity index (χ4v) is 3.13. The van der Waals surface area contributed by atoms with Crippen LogP contribution in [0.25, 0.3) is 5.69 Å². The highest BCUT2D eigenvalue weighted by molar-refractivity contribution is 6.33. The van der Waals surface area contributed by atoms with Crippen molar-refractivity contribution >= 4 is 29.6 Å². The Bertz CT molecular complexity index is 1120. The van der Waals surface area contributed by atoms with E-state index in [1.165, 1.54) is 24.4 Å².